The van der Waals surface area contributed by atoms with Crippen LogP contribution >= 0.6 is 34.4 Å². The highest BCUT2D eigenvalue weighted by molar-refractivity contribution is 7.98. The number of fused-ring (bicyclic) bond motifs is 1. The smallest absolute Gasteiger partial charge is 0.0765 e. The highest BCUT2D eigenvalue weighted by Crippen LogP contribution is 2.37. The van der Waals surface area contributed by atoms with Crippen LogP contribution in [0.4, 0.5) is 0 Å². The third-order valence-electron chi connectivity index (χ3n) is 3.36. The minimum absolute atomic E-state index is 0.403. The van der Waals surface area contributed by atoms with Crippen LogP contribution < -0.4 is 5.32 Å². The van der Waals surface area contributed by atoms with Gasteiger partial charge in [0.2, 0.25) is 0 Å². The van der Waals surface area contributed by atoms with E-state index in [1.54, 1.807) is 10.4 Å². The summed E-state index contributed by atoms with van der Waals surface area (Å²) >= 11 is 5.95. The zero-order valence-corrected chi connectivity index (χ0v) is 13.6. The van der Waals surface area contributed by atoms with Gasteiger partial charge in [0.1, 0.15) is 0 Å². The number of nitrogens with one attached hydrogen (secondary N) is 1. The van der Waals surface area contributed by atoms with Crippen LogP contribution in [0.25, 0.3) is 0 Å². The number of thiophene rings is 2. The fourth-order valence-electron chi connectivity index (χ4n) is 2.40. The summed E-state index contributed by atoms with van der Waals surface area (Å²) in [7, 11) is 0. The third kappa shape index (κ3) is 3.07. The lowest BCUT2D eigenvalue weighted by atomic mass is 10.1. The number of hydrogen-bond acceptors (Lipinski definition) is 4. The number of thioether (sulfide) groups is 1. The van der Waals surface area contributed by atoms with Crippen molar-refractivity contribution in [2.45, 2.75) is 31.6 Å². The molecule has 0 fully saturated rings. The molecule has 1 nitrogen and oxygen atoms in total. The summed E-state index contributed by atoms with van der Waals surface area (Å²) in [5.74, 6) is 2.50. The maximum Gasteiger partial charge on any atom is 0.0765 e. The Kier molecular flexibility index (Phi) is 4.64. The first-order valence-electron chi connectivity index (χ1n) is 6.84. The highest BCUT2D eigenvalue weighted by Gasteiger charge is 2.20. The molecule has 1 atom stereocenters. The molecule has 3 heterocycles. The summed E-state index contributed by atoms with van der Waals surface area (Å²) in [5.41, 5.74) is 1.58. The Morgan fingerprint density at radius 2 is 2.32 bits per heavy atom. The SMILES string of the molecule is CCCNC(c1cccs1)c1cc2c(s1)CCSC2. The van der Waals surface area contributed by atoms with E-state index in [0.29, 0.717) is 6.04 Å². The highest BCUT2D eigenvalue weighted by atomic mass is 32.2. The van der Waals surface area contributed by atoms with Crippen molar-refractivity contribution in [2.75, 3.05) is 12.3 Å². The zero-order chi connectivity index (χ0) is 13.1. The van der Waals surface area contributed by atoms with E-state index < -0.39 is 0 Å². The van der Waals surface area contributed by atoms with Gasteiger partial charge in [-0.05, 0) is 48.2 Å². The molecule has 1 unspecified atom stereocenters. The summed E-state index contributed by atoms with van der Waals surface area (Å²) in [6.45, 7) is 3.31. The summed E-state index contributed by atoms with van der Waals surface area (Å²) in [4.78, 5) is 4.57. The van der Waals surface area contributed by atoms with Crippen LogP contribution in [0.5, 0.6) is 0 Å². The largest absolute Gasteiger partial charge is 0.305 e. The van der Waals surface area contributed by atoms with Gasteiger partial charge in [-0.3, -0.25) is 0 Å². The Morgan fingerprint density at radius 1 is 1.37 bits per heavy atom. The molecular formula is C15H19NS3. The third-order valence-corrected chi connectivity index (χ3v) is 6.60. The standard InChI is InChI=1S/C15H19NS3/c1-2-6-16-15(13-4-3-7-18-13)14-9-11-10-17-8-5-12(11)19-14/h3-4,7,9,15-16H,2,5-6,8,10H2,1H3. The van der Waals surface area contributed by atoms with Gasteiger partial charge in [-0.2, -0.15) is 11.8 Å². The van der Waals surface area contributed by atoms with E-state index in [1.807, 2.05) is 22.7 Å². The van der Waals surface area contributed by atoms with Gasteiger partial charge >= 0.3 is 0 Å². The van der Waals surface area contributed by atoms with Crippen molar-refractivity contribution in [3.63, 3.8) is 0 Å². The van der Waals surface area contributed by atoms with E-state index in [0.717, 1.165) is 6.54 Å². The number of hydrogen-bond donors (Lipinski definition) is 1. The van der Waals surface area contributed by atoms with E-state index >= 15 is 0 Å². The van der Waals surface area contributed by atoms with Crippen molar-refractivity contribution in [3.8, 4) is 0 Å². The van der Waals surface area contributed by atoms with Crippen LogP contribution in [0.1, 0.15) is 39.6 Å². The van der Waals surface area contributed by atoms with Crippen LogP contribution in [-0.4, -0.2) is 12.3 Å². The molecule has 0 spiro atoms. The fourth-order valence-corrected chi connectivity index (χ4v) is 5.76. The molecule has 19 heavy (non-hydrogen) atoms. The molecule has 0 aliphatic carbocycles. The molecule has 0 bridgehead atoms. The van der Waals surface area contributed by atoms with Crippen molar-refractivity contribution in [1.29, 1.82) is 0 Å². The Labute approximate surface area is 127 Å². The van der Waals surface area contributed by atoms with Gasteiger partial charge in [0.05, 0.1) is 6.04 Å². The first-order chi connectivity index (χ1) is 9.38. The monoisotopic (exact) mass is 309 g/mol. The molecular weight excluding hydrogens is 290 g/mol. The van der Waals surface area contributed by atoms with Crippen LogP contribution in [0, 0.1) is 0 Å². The maximum atomic E-state index is 3.71. The quantitative estimate of drug-likeness (QED) is 0.860. The summed E-state index contributed by atoms with van der Waals surface area (Å²) in [6.07, 6.45) is 2.44. The van der Waals surface area contributed by atoms with Crippen molar-refractivity contribution in [1.82, 2.24) is 5.32 Å². The van der Waals surface area contributed by atoms with Crippen molar-refractivity contribution >= 4 is 34.4 Å². The van der Waals surface area contributed by atoms with Gasteiger partial charge in [0.15, 0.2) is 0 Å². The average Bonchev–Trinajstić information content (AvgIpc) is 3.08. The van der Waals surface area contributed by atoms with E-state index in [2.05, 4.69) is 47.6 Å². The number of aryl methyl sites for hydroxylation is 1. The summed E-state index contributed by atoms with van der Waals surface area (Å²) in [5, 5.41) is 5.89. The Morgan fingerprint density at radius 3 is 3.05 bits per heavy atom. The van der Waals surface area contributed by atoms with Crippen LogP contribution in [0.2, 0.25) is 0 Å². The first-order valence-corrected chi connectivity index (χ1v) is 9.69. The maximum absolute atomic E-state index is 3.71. The predicted octanol–water partition coefficient (Wildman–Crippen LogP) is 4.69. The first kappa shape index (κ1) is 13.7. The second-order valence-electron chi connectivity index (χ2n) is 4.80. The Balaban J connectivity index is 1.88. The van der Waals surface area contributed by atoms with Crippen LogP contribution in [0.15, 0.2) is 23.6 Å². The molecule has 1 aliphatic heterocycles. The van der Waals surface area contributed by atoms with Gasteiger partial charge in [-0.25, -0.2) is 0 Å². The van der Waals surface area contributed by atoms with Gasteiger partial charge in [-0.1, -0.05) is 13.0 Å². The Bertz CT molecular complexity index is 492. The van der Waals surface area contributed by atoms with E-state index in [1.165, 1.54) is 34.1 Å². The molecule has 3 rings (SSSR count). The van der Waals surface area contributed by atoms with Gasteiger partial charge in [0, 0.05) is 20.4 Å². The summed E-state index contributed by atoms with van der Waals surface area (Å²) in [6, 6.07) is 7.26. The molecule has 0 amide bonds. The van der Waals surface area contributed by atoms with Crippen molar-refractivity contribution in [3.05, 3.63) is 43.8 Å². The Hall–Kier alpha value is -0.290. The average molecular weight is 310 g/mol. The molecule has 0 aromatic carbocycles. The van der Waals surface area contributed by atoms with Gasteiger partial charge < -0.3 is 5.32 Å². The predicted molar refractivity (Wildman–Crippen MR) is 88.6 cm³/mol. The second kappa shape index (κ2) is 6.44. The van der Waals surface area contributed by atoms with Gasteiger partial charge in [0.25, 0.3) is 0 Å². The fraction of sp³-hybridized carbons (Fsp3) is 0.467. The van der Waals surface area contributed by atoms with Gasteiger partial charge in [-0.15, -0.1) is 22.7 Å². The molecule has 0 saturated carbocycles. The van der Waals surface area contributed by atoms with E-state index in [-0.39, 0.29) is 0 Å². The molecule has 0 saturated heterocycles. The minimum Gasteiger partial charge on any atom is -0.305 e. The van der Waals surface area contributed by atoms with Crippen molar-refractivity contribution < 1.29 is 0 Å². The van der Waals surface area contributed by atoms with Crippen LogP contribution in [-0.2, 0) is 12.2 Å². The topological polar surface area (TPSA) is 12.0 Å². The minimum atomic E-state index is 0.403. The number of rotatable bonds is 5. The van der Waals surface area contributed by atoms with E-state index in [4.69, 9.17) is 0 Å². The second-order valence-corrected chi connectivity index (χ2v) is 8.06. The normalized spacial score (nSPS) is 16.3. The van der Waals surface area contributed by atoms with E-state index in [9.17, 15) is 0 Å². The molecule has 1 N–H and O–H groups in total. The molecule has 2 aromatic heterocycles. The molecule has 102 valence electrons. The molecule has 2 aromatic rings. The lowest BCUT2D eigenvalue weighted by Gasteiger charge is -2.15. The summed E-state index contributed by atoms with van der Waals surface area (Å²) < 4.78 is 0. The van der Waals surface area contributed by atoms with Crippen LogP contribution in [0.3, 0.4) is 0 Å². The molecule has 4 heteroatoms. The van der Waals surface area contributed by atoms with Crippen molar-refractivity contribution in [2.24, 2.45) is 0 Å². The molecule has 0 radical (unpaired) electrons. The zero-order valence-electron chi connectivity index (χ0n) is 11.1. The lowest BCUT2D eigenvalue weighted by molar-refractivity contribution is 0.613. The molecule has 1 aliphatic rings. The lowest BCUT2D eigenvalue weighted by Crippen LogP contribution is -2.21.